The second-order valence-electron chi connectivity index (χ2n) is 11.1. The van der Waals surface area contributed by atoms with Crippen LogP contribution in [0.3, 0.4) is 0 Å². The van der Waals surface area contributed by atoms with Gasteiger partial charge in [-0.25, -0.2) is 8.42 Å². The number of hydrogen-bond acceptors (Lipinski definition) is 6. The van der Waals surface area contributed by atoms with Crippen LogP contribution in [-0.2, 0) is 10.0 Å². The van der Waals surface area contributed by atoms with Crippen LogP contribution in [0.15, 0.2) is 71.6 Å². The molecule has 2 N–H and O–H groups in total. The molecule has 0 atom stereocenters. The molecule has 0 aliphatic carbocycles. The molecule has 43 heavy (non-hydrogen) atoms. The molecule has 2 saturated heterocycles. The molecule has 1 amide bonds. The number of halogens is 2. The summed E-state index contributed by atoms with van der Waals surface area (Å²) in [5.74, 6) is 0.488. The zero-order valence-electron chi connectivity index (χ0n) is 24.1. The van der Waals surface area contributed by atoms with Crippen molar-refractivity contribution < 1.29 is 17.9 Å². The normalized spacial score (nSPS) is 17.0. The van der Waals surface area contributed by atoms with Gasteiger partial charge < -0.3 is 19.9 Å². The number of likely N-dealkylation sites (tertiary alicyclic amines) is 2. The molecule has 3 aromatic rings. The highest BCUT2D eigenvalue weighted by Crippen LogP contribution is 2.34. The van der Waals surface area contributed by atoms with Crippen molar-refractivity contribution in [3.05, 3.63) is 82.3 Å². The van der Waals surface area contributed by atoms with Gasteiger partial charge in [0, 0.05) is 24.2 Å². The minimum atomic E-state index is -3.95. The molecular weight excluding hydrogens is 607 g/mol. The summed E-state index contributed by atoms with van der Waals surface area (Å²) in [5.41, 5.74) is 0.663. The predicted molar refractivity (Wildman–Crippen MR) is 172 cm³/mol. The van der Waals surface area contributed by atoms with Gasteiger partial charge in [0.1, 0.15) is 5.75 Å². The fraction of sp³-hybridized carbons (Fsp3) is 0.406. The van der Waals surface area contributed by atoms with E-state index in [1.54, 1.807) is 42.5 Å². The first-order valence-electron chi connectivity index (χ1n) is 14.9. The number of carbonyl (C=O) groups is 1. The lowest BCUT2D eigenvalue weighted by Crippen LogP contribution is -2.47. The first-order valence-corrected chi connectivity index (χ1v) is 17.1. The van der Waals surface area contributed by atoms with Gasteiger partial charge in [0.05, 0.1) is 20.6 Å². The molecule has 2 heterocycles. The molecule has 0 bridgehead atoms. The van der Waals surface area contributed by atoms with E-state index in [9.17, 15) is 13.2 Å². The Bertz CT molecular complexity index is 1490. The summed E-state index contributed by atoms with van der Waals surface area (Å²) in [6.45, 7) is 6.28. The summed E-state index contributed by atoms with van der Waals surface area (Å²) in [4.78, 5) is 17.9. The Morgan fingerprint density at radius 2 is 1.60 bits per heavy atom. The number of nitrogens with one attached hydrogen (secondary N) is 2. The van der Waals surface area contributed by atoms with E-state index in [1.807, 2.05) is 0 Å². The Labute approximate surface area is 264 Å². The summed E-state index contributed by atoms with van der Waals surface area (Å²) in [5, 5.41) is 3.67. The van der Waals surface area contributed by atoms with E-state index in [0.717, 1.165) is 32.1 Å². The largest absolute Gasteiger partial charge is 0.455 e. The highest BCUT2D eigenvalue weighted by Gasteiger charge is 2.25. The lowest BCUT2D eigenvalue weighted by molar-refractivity contribution is 0.0902. The monoisotopic (exact) mass is 644 g/mol. The summed E-state index contributed by atoms with van der Waals surface area (Å²) in [6, 6.07) is 18.1. The number of piperidine rings is 2. The Kier molecular flexibility index (Phi) is 10.9. The van der Waals surface area contributed by atoms with Crippen molar-refractivity contribution in [3.8, 4) is 11.5 Å². The fourth-order valence-corrected chi connectivity index (χ4v) is 7.05. The number of hydrogen-bond donors (Lipinski definition) is 2. The van der Waals surface area contributed by atoms with Crippen LogP contribution < -0.4 is 14.8 Å². The molecule has 2 aliphatic heterocycles. The van der Waals surface area contributed by atoms with Crippen LogP contribution in [0.4, 0.5) is 5.69 Å². The van der Waals surface area contributed by atoms with Crippen molar-refractivity contribution >= 4 is 44.8 Å². The molecule has 3 aromatic carbocycles. The van der Waals surface area contributed by atoms with Crippen molar-refractivity contribution in [3.63, 3.8) is 0 Å². The average molecular weight is 646 g/mol. The van der Waals surface area contributed by atoms with E-state index in [2.05, 4.69) is 19.8 Å². The van der Waals surface area contributed by atoms with Gasteiger partial charge in [-0.05, 0) is 113 Å². The number of benzene rings is 3. The Morgan fingerprint density at radius 3 is 2.33 bits per heavy atom. The Balaban J connectivity index is 1.09. The van der Waals surface area contributed by atoms with E-state index in [4.69, 9.17) is 27.9 Å². The quantitative estimate of drug-likeness (QED) is 0.227. The average Bonchev–Trinajstić information content (AvgIpc) is 3.02. The molecule has 8 nitrogen and oxygen atoms in total. The van der Waals surface area contributed by atoms with Crippen LogP contribution in [0.25, 0.3) is 0 Å². The van der Waals surface area contributed by atoms with E-state index in [0.29, 0.717) is 33.7 Å². The highest BCUT2D eigenvalue weighted by atomic mass is 35.5. The van der Waals surface area contributed by atoms with E-state index in [1.165, 1.54) is 69.5 Å². The SMILES string of the molecule is O=C(NCCCN1CCC(N2CCCCC2)CC1)c1ccc(S(=O)(=O)Nc2ccccc2Oc2ccc(Cl)c(Cl)c2)cc1. The Morgan fingerprint density at radius 1 is 0.884 bits per heavy atom. The van der Waals surface area contributed by atoms with E-state index < -0.39 is 10.0 Å². The van der Waals surface area contributed by atoms with Gasteiger partial charge in [-0.1, -0.05) is 41.8 Å². The van der Waals surface area contributed by atoms with E-state index >= 15 is 0 Å². The third kappa shape index (κ3) is 8.64. The van der Waals surface area contributed by atoms with Crippen LogP contribution >= 0.6 is 23.2 Å². The number of carbonyl (C=O) groups excluding carboxylic acids is 1. The first kappa shape index (κ1) is 31.6. The predicted octanol–water partition coefficient (Wildman–Crippen LogP) is 6.66. The van der Waals surface area contributed by atoms with E-state index in [-0.39, 0.29) is 16.5 Å². The molecule has 0 unspecified atom stereocenters. The number of nitrogens with zero attached hydrogens (tertiary/aromatic N) is 2. The molecule has 2 fully saturated rings. The van der Waals surface area contributed by atoms with Crippen LogP contribution in [0.1, 0.15) is 48.9 Å². The van der Waals surface area contributed by atoms with Gasteiger partial charge in [-0.15, -0.1) is 0 Å². The fourth-order valence-electron chi connectivity index (χ4n) is 5.69. The maximum absolute atomic E-state index is 13.1. The smallest absolute Gasteiger partial charge is 0.262 e. The first-order chi connectivity index (χ1) is 20.8. The summed E-state index contributed by atoms with van der Waals surface area (Å²) in [6.07, 6.45) is 7.37. The molecule has 0 radical (unpaired) electrons. The van der Waals surface area contributed by atoms with Gasteiger partial charge in [0.15, 0.2) is 5.75 Å². The molecule has 11 heteroatoms. The van der Waals surface area contributed by atoms with Gasteiger partial charge >= 0.3 is 0 Å². The number of para-hydroxylation sites is 2. The van der Waals surface area contributed by atoms with Gasteiger partial charge in [0.25, 0.3) is 15.9 Å². The molecule has 0 saturated carbocycles. The van der Waals surface area contributed by atoms with Crippen molar-refractivity contribution in [2.24, 2.45) is 0 Å². The minimum Gasteiger partial charge on any atom is -0.455 e. The van der Waals surface area contributed by atoms with Crippen molar-refractivity contribution in [1.29, 1.82) is 0 Å². The molecule has 5 rings (SSSR count). The van der Waals surface area contributed by atoms with Crippen LogP contribution in [0, 0.1) is 0 Å². The van der Waals surface area contributed by atoms with Crippen LogP contribution in [-0.4, -0.2) is 69.4 Å². The molecule has 230 valence electrons. The minimum absolute atomic E-state index is 0.0290. The Hall–Kier alpha value is -2.82. The number of sulfonamides is 1. The van der Waals surface area contributed by atoms with Gasteiger partial charge in [0.2, 0.25) is 0 Å². The molecular formula is C32H38Cl2N4O4S. The summed E-state index contributed by atoms with van der Waals surface area (Å²) < 4.78 is 34.7. The van der Waals surface area contributed by atoms with Crippen LogP contribution in [0.5, 0.6) is 11.5 Å². The second kappa shape index (κ2) is 14.8. The number of anilines is 1. The number of amides is 1. The molecule has 2 aliphatic rings. The van der Waals surface area contributed by atoms with Gasteiger partial charge in [-0.2, -0.15) is 0 Å². The number of ether oxygens (including phenoxy) is 1. The molecule has 0 spiro atoms. The number of rotatable bonds is 11. The van der Waals surface area contributed by atoms with Crippen molar-refractivity contribution in [2.45, 2.75) is 49.5 Å². The zero-order chi connectivity index (χ0) is 30.2. The maximum Gasteiger partial charge on any atom is 0.262 e. The molecule has 0 aromatic heterocycles. The standard InChI is InChI=1S/C32H38Cl2N4O4S/c33-28-14-11-26(23-29(28)34)42-31-8-3-2-7-30(31)36-43(40,41)27-12-9-24(10-13-27)32(39)35-17-6-18-37-21-15-25(16-22-37)38-19-4-1-5-20-38/h2-3,7-14,23,25,36H,1,4-6,15-22H2,(H,35,39). The highest BCUT2D eigenvalue weighted by molar-refractivity contribution is 7.92. The van der Waals surface area contributed by atoms with Crippen molar-refractivity contribution in [2.75, 3.05) is 44.0 Å². The summed E-state index contributed by atoms with van der Waals surface area (Å²) in [7, 11) is -3.95. The van der Waals surface area contributed by atoms with Crippen LogP contribution in [0.2, 0.25) is 10.0 Å². The lowest BCUT2D eigenvalue weighted by Gasteiger charge is -2.40. The van der Waals surface area contributed by atoms with Gasteiger partial charge in [-0.3, -0.25) is 9.52 Å². The topological polar surface area (TPSA) is 91.0 Å². The third-order valence-corrected chi connectivity index (χ3v) is 10.2. The maximum atomic E-state index is 13.1. The van der Waals surface area contributed by atoms with Crippen molar-refractivity contribution in [1.82, 2.24) is 15.1 Å². The summed E-state index contributed by atoms with van der Waals surface area (Å²) >= 11 is 12.1. The third-order valence-electron chi connectivity index (χ3n) is 8.08. The lowest BCUT2D eigenvalue weighted by atomic mass is 10.00. The second-order valence-corrected chi connectivity index (χ2v) is 13.6. The zero-order valence-corrected chi connectivity index (χ0v) is 26.4.